The molecule has 1 aromatic rings. The van der Waals surface area contributed by atoms with Crippen molar-refractivity contribution >= 4 is 11.6 Å². The second-order valence-corrected chi connectivity index (χ2v) is 4.01. The van der Waals surface area contributed by atoms with E-state index in [1.54, 1.807) is 12.0 Å². The Bertz CT molecular complexity index is 375. The molecule has 1 aliphatic heterocycles. The first-order chi connectivity index (χ1) is 7.74. The van der Waals surface area contributed by atoms with Gasteiger partial charge < -0.3 is 15.4 Å². The number of hydrogen-bond acceptors (Lipinski definition) is 3. The molecule has 1 fully saturated rings. The molecule has 1 saturated heterocycles. The molecule has 2 rings (SSSR count). The monoisotopic (exact) mass is 220 g/mol. The Morgan fingerprint density at radius 2 is 2.12 bits per heavy atom. The van der Waals surface area contributed by atoms with Gasteiger partial charge in [0.1, 0.15) is 5.75 Å². The van der Waals surface area contributed by atoms with Crippen LogP contribution in [0.1, 0.15) is 6.42 Å². The van der Waals surface area contributed by atoms with Gasteiger partial charge in [0, 0.05) is 18.7 Å². The third kappa shape index (κ3) is 2.02. The Morgan fingerprint density at radius 3 is 2.62 bits per heavy atom. The summed E-state index contributed by atoms with van der Waals surface area (Å²) in [6.45, 7) is 1.29. The number of amides is 1. The third-order valence-electron chi connectivity index (χ3n) is 2.92. The lowest BCUT2D eigenvalue weighted by Crippen LogP contribution is -2.25. The summed E-state index contributed by atoms with van der Waals surface area (Å²) in [7, 11) is 1.63. The number of nitrogens with two attached hydrogens (primary N) is 1. The maximum atomic E-state index is 11.7. The first kappa shape index (κ1) is 11.0. The summed E-state index contributed by atoms with van der Waals surface area (Å²) in [6, 6.07) is 7.52. The summed E-state index contributed by atoms with van der Waals surface area (Å²) in [4.78, 5) is 13.5. The fourth-order valence-corrected chi connectivity index (χ4v) is 1.95. The minimum Gasteiger partial charge on any atom is -0.497 e. The maximum absolute atomic E-state index is 11.7. The fraction of sp³-hybridized carbons (Fsp3) is 0.417. The van der Waals surface area contributed by atoms with Gasteiger partial charge in [-0.15, -0.1) is 0 Å². The Kier molecular flexibility index (Phi) is 3.10. The van der Waals surface area contributed by atoms with Crippen LogP contribution in [-0.2, 0) is 4.79 Å². The van der Waals surface area contributed by atoms with Crippen molar-refractivity contribution in [2.45, 2.75) is 6.42 Å². The zero-order valence-electron chi connectivity index (χ0n) is 9.35. The van der Waals surface area contributed by atoms with Crippen molar-refractivity contribution in [2.24, 2.45) is 11.7 Å². The normalized spacial score (nSPS) is 20.2. The molecule has 4 nitrogen and oxygen atoms in total. The number of benzene rings is 1. The van der Waals surface area contributed by atoms with E-state index in [1.807, 2.05) is 24.3 Å². The molecular weight excluding hydrogens is 204 g/mol. The van der Waals surface area contributed by atoms with Gasteiger partial charge >= 0.3 is 0 Å². The molecule has 0 unspecified atom stereocenters. The molecular formula is C12H16N2O2. The number of carbonyl (C=O) groups is 1. The van der Waals surface area contributed by atoms with Gasteiger partial charge in [0.25, 0.3) is 0 Å². The number of ether oxygens (including phenoxy) is 1. The third-order valence-corrected chi connectivity index (χ3v) is 2.92. The average Bonchev–Trinajstić information content (AvgIpc) is 2.71. The summed E-state index contributed by atoms with van der Waals surface area (Å²) in [5.41, 5.74) is 6.50. The summed E-state index contributed by atoms with van der Waals surface area (Å²) >= 11 is 0. The molecule has 16 heavy (non-hydrogen) atoms. The first-order valence-corrected chi connectivity index (χ1v) is 5.39. The molecule has 1 aromatic carbocycles. The van der Waals surface area contributed by atoms with E-state index in [0.29, 0.717) is 13.0 Å². The van der Waals surface area contributed by atoms with Crippen molar-refractivity contribution < 1.29 is 9.53 Å². The second kappa shape index (κ2) is 4.53. The fourth-order valence-electron chi connectivity index (χ4n) is 1.95. The molecule has 0 aliphatic carbocycles. The van der Waals surface area contributed by atoms with Crippen molar-refractivity contribution in [1.82, 2.24) is 0 Å². The van der Waals surface area contributed by atoms with Crippen LogP contribution >= 0.6 is 0 Å². The highest BCUT2D eigenvalue weighted by atomic mass is 16.5. The lowest BCUT2D eigenvalue weighted by molar-refractivity contribution is -0.117. The van der Waals surface area contributed by atoms with E-state index >= 15 is 0 Å². The maximum Gasteiger partial charge on any atom is 0.227 e. The highest BCUT2D eigenvalue weighted by Gasteiger charge is 2.29. The van der Waals surface area contributed by atoms with Crippen molar-refractivity contribution in [1.29, 1.82) is 0 Å². The molecule has 0 saturated carbocycles. The van der Waals surface area contributed by atoms with Gasteiger partial charge in [-0.2, -0.15) is 0 Å². The van der Waals surface area contributed by atoms with Gasteiger partial charge in [0.2, 0.25) is 5.91 Å². The zero-order valence-corrected chi connectivity index (χ0v) is 9.35. The minimum atomic E-state index is 0.153. The molecule has 1 heterocycles. The smallest absolute Gasteiger partial charge is 0.227 e. The average molecular weight is 220 g/mol. The number of anilines is 1. The molecule has 0 spiro atoms. The Labute approximate surface area is 95.0 Å². The summed E-state index contributed by atoms with van der Waals surface area (Å²) < 4.78 is 5.08. The SMILES string of the molecule is COc1ccc(N2C[C@@H](CN)CC2=O)cc1. The van der Waals surface area contributed by atoms with Crippen LogP contribution in [0, 0.1) is 5.92 Å². The van der Waals surface area contributed by atoms with Gasteiger partial charge in [0.15, 0.2) is 0 Å². The van der Waals surface area contributed by atoms with Crippen molar-refractivity contribution in [3.05, 3.63) is 24.3 Å². The number of rotatable bonds is 3. The van der Waals surface area contributed by atoms with Crippen LogP contribution < -0.4 is 15.4 Å². The molecule has 0 radical (unpaired) electrons. The van der Waals surface area contributed by atoms with Gasteiger partial charge in [-0.3, -0.25) is 4.79 Å². The summed E-state index contributed by atoms with van der Waals surface area (Å²) in [5.74, 6) is 1.24. The van der Waals surface area contributed by atoms with E-state index in [-0.39, 0.29) is 11.8 Å². The zero-order chi connectivity index (χ0) is 11.5. The molecule has 4 heteroatoms. The molecule has 2 N–H and O–H groups in total. The number of carbonyl (C=O) groups excluding carboxylic acids is 1. The molecule has 0 aromatic heterocycles. The second-order valence-electron chi connectivity index (χ2n) is 4.01. The van der Waals surface area contributed by atoms with E-state index in [9.17, 15) is 4.79 Å². The first-order valence-electron chi connectivity index (χ1n) is 5.39. The van der Waals surface area contributed by atoms with Crippen LogP contribution in [0.2, 0.25) is 0 Å². The Balaban J connectivity index is 2.15. The number of methoxy groups -OCH3 is 1. The van der Waals surface area contributed by atoms with Crippen LogP contribution in [0.25, 0.3) is 0 Å². The molecule has 0 bridgehead atoms. The molecule has 1 atom stereocenters. The Morgan fingerprint density at radius 1 is 1.44 bits per heavy atom. The summed E-state index contributed by atoms with van der Waals surface area (Å²) in [5, 5.41) is 0. The molecule has 1 amide bonds. The highest BCUT2D eigenvalue weighted by Crippen LogP contribution is 2.26. The quantitative estimate of drug-likeness (QED) is 0.827. The van der Waals surface area contributed by atoms with Crippen molar-refractivity contribution in [2.75, 3.05) is 25.1 Å². The van der Waals surface area contributed by atoms with Crippen molar-refractivity contribution in [3.8, 4) is 5.75 Å². The lowest BCUT2D eigenvalue weighted by Gasteiger charge is -2.16. The molecule has 86 valence electrons. The lowest BCUT2D eigenvalue weighted by atomic mass is 10.1. The largest absolute Gasteiger partial charge is 0.497 e. The van der Waals surface area contributed by atoms with E-state index in [1.165, 1.54) is 0 Å². The van der Waals surface area contributed by atoms with Crippen molar-refractivity contribution in [3.63, 3.8) is 0 Å². The summed E-state index contributed by atoms with van der Waals surface area (Å²) in [6.07, 6.45) is 0.558. The minimum absolute atomic E-state index is 0.153. The predicted molar refractivity (Wildman–Crippen MR) is 62.5 cm³/mol. The standard InChI is InChI=1S/C12H16N2O2/c1-16-11-4-2-10(3-5-11)14-8-9(7-13)6-12(14)15/h2-5,9H,6-8,13H2,1H3/t9-/m1/s1. The topological polar surface area (TPSA) is 55.6 Å². The number of nitrogens with zero attached hydrogens (tertiary/aromatic N) is 1. The van der Waals surface area contributed by atoms with E-state index in [0.717, 1.165) is 18.0 Å². The Hall–Kier alpha value is -1.55. The van der Waals surface area contributed by atoms with Gasteiger partial charge in [-0.05, 0) is 36.7 Å². The van der Waals surface area contributed by atoms with Crippen LogP contribution in [0.3, 0.4) is 0 Å². The molecule has 1 aliphatic rings. The predicted octanol–water partition coefficient (Wildman–Crippen LogP) is 1.01. The highest BCUT2D eigenvalue weighted by molar-refractivity contribution is 5.95. The van der Waals surface area contributed by atoms with Crippen LogP contribution in [0.5, 0.6) is 5.75 Å². The van der Waals surface area contributed by atoms with E-state index in [2.05, 4.69) is 0 Å². The van der Waals surface area contributed by atoms with Crippen LogP contribution in [0.15, 0.2) is 24.3 Å². The van der Waals surface area contributed by atoms with Gasteiger partial charge in [-0.1, -0.05) is 0 Å². The van der Waals surface area contributed by atoms with E-state index in [4.69, 9.17) is 10.5 Å². The van der Waals surface area contributed by atoms with Gasteiger partial charge in [0.05, 0.1) is 7.11 Å². The van der Waals surface area contributed by atoms with Crippen LogP contribution in [0.4, 0.5) is 5.69 Å². The van der Waals surface area contributed by atoms with Crippen LogP contribution in [-0.4, -0.2) is 26.1 Å². The number of hydrogen-bond donors (Lipinski definition) is 1. The van der Waals surface area contributed by atoms with Gasteiger partial charge in [-0.25, -0.2) is 0 Å². The van der Waals surface area contributed by atoms with E-state index < -0.39 is 0 Å².